The number of aryl methyl sites for hydroxylation is 1. The van der Waals surface area contributed by atoms with Crippen LogP contribution < -0.4 is 10.6 Å². The van der Waals surface area contributed by atoms with Gasteiger partial charge in [-0.3, -0.25) is 10.1 Å². The Morgan fingerprint density at radius 1 is 1.42 bits per heavy atom. The molecule has 2 heterocycles. The molecule has 0 unspecified atom stereocenters. The average Bonchev–Trinajstić information content (AvgIpc) is 2.89. The predicted octanol–water partition coefficient (Wildman–Crippen LogP) is 2.02. The van der Waals surface area contributed by atoms with Gasteiger partial charge in [0.15, 0.2) is 5.82 Å². The van der Waals surface area contributed by atoms with E-state index in [0.29, 0.717) is 17.4 Å². The van der Waals surface area contributed by atoms with E-state index in [0.717, 1.165) is 31.8 Å². The number of nitrogens with one attached hydrogen (secondary N) is 2. The van der Waals surface area contributed by atoms with Crippen LogP contribution in [0.1, 0.15) is 30.1 Å². The number of benzene rings is 1. The number of nitrogens with zero attached hydrogens (tertiary/aromatic N) is 3. The van der Waals surface area contributed by atoms with Crippen LogP contribution in [0.2, 0.25) is 0 Å². The van der Waals surface area contributed by atoms with Gasteiger partial charge >= 0.3 is 0 Å². The predicted molar refractivity (Wildman–Crippen MR) is 91.8 cm³/mol. The van der Waals surface area contributed by atoms with Gasteiger partial charge in [0.2, 0.25) is 11.9 Å². The minimum Gasteiger partial charge on any atom is -0.317 e. The van der Waals surface area contributed by atoms with Gasteiger partial charge in [0.05, 0.1) is 6.42 Å². The quantitative estimate of drug-likeness (QED) is 0.882. The second kappa shape index (κ2) is 8.21. The molecule has 0 saturated carbocycles. The van der Waals surface area contributed by atoms with Gasteiger partial charge in [0, 0.05) is 13.0 Å². The van der Waals surface area contributed by atoms with E-state index in [1.165, 1.54) is 12.1 Å². The summed E-state index contributed by atoms with van der Waals surface area (Å²) >= 11 is 0. The van der Waals surface area contributed by atoms with E-state index in [-0.39, 0.29) is 30.6 Å². The molecular formula is C16H21ClFN5O. The van der Waals surface area contributed by atoms with Gasteiger partial charge in [0.25, 0.3) is 0 Å². The van der Waals surface area contributed by atoms with E-state index in [9.17, 15) is 9.18 Å². The minimum absolute atomic E-state index is 0. The van der Waals surface area contributed by atoms with Gasteiger partial charge < -0.3 is 5.32 Å². The summed E-state index contributed by atoms with van der Waals surface area (Å²) in [5, 5.41) is 10.5. The Labute approximate surface area is 146 Å². The molecule has 3 rings (SSSR count). The fraction of sp³-hybridized carbons (Fsp3) is 0.438. The van der Waals surface area contributed by atoms with Crippen LogP contribution in [0, 0.1) is 5.82 Å². The van der Waals surface area contributed by atoms with E-state index in [1.54, 1.807) is 23.9 Å². The largest absolute Gasteiger partial charge is 0.317 e. The number of carbonyl (C=O) groups excluding carboxylic acids is 1. The Morgan fingerprint density at radius 2 is 2.17 bits per heavy atom. The molecule has 0 bridgehead atoms. The third-order valence-corrected chi connectivity index (χ3v) is 3.99. The highest BCUT2D eigenvalue weighted by Crippen LogP contribution is 2.23. The number of aromatic nitrogens is 3. The van der Waals surface area contributed by atoms with E-state index in [2.05, 4.69) is 20.7 Å². The van der Waals surface area contributed by atoms with Crippen molar-refractivity contribution in [1.29, 1.82) is 0 Å². The van der Waals surface area contributed by atoms with Crippen molar-refractivity contribution in [2.45, 2.75) is 25.2 Å². The van der Waals surface area contributed by atoms with Crippen molar-refractivity contribution in [2.24, 2.45) is 7.05 Å². The van der Waals surface area contributed by atoms with E-state index in [1.807, 2.05) is 0 Å². The van der Waals surface area contributed by atoms with Crippen molar-refractivity contribution < 1.29 is 9.18 Å². The third-order valence-electron chi connectivity index (χ3n) is 3.99. The van der Waals surface area contributed by atoms with Crippen molar-refractivity contribution in [1.82, 2.24) is 20.1 Å². The number of anilines is 1. The molecule has 0 aliphatic carbocycles. The number of halogens is 2. The molecule has 0 atom stereocenters. The Morgan fingerprint density at radius 3 is 2.88 bits per heavy atom. The smallest absolute Gasteiger partial charge is 0.231 e. The van der Waals surface area contributed by atoms with Crippen LogP contribution in [0.15, 0.2) is 24.3 Å². The van der Waals surface area contributed by atoms with Gasteiger partial charge in [-0.05, 0) is 43.6 Å². The maximum Gasteiger partial charge on any atom is 0.231 e. The molecule has 1 saturated heterocycles. The summed E-state index contributed by atoms with van der Waals surface area (Å²) < 4.78 is 14.7. The lowest BCUT2D eigenvalue weighted by Gasteiger charge is -2.19. The van der Waals surface area contributed by atoms with Crippen LogP contribution in [0.4, 0.5) is 10.3 Å². The highest BCUT2D eigenvalue weighted by atomic mass is 35.5. The molecule has 1 amide bonds. The van der Waals surface area contributed by atoms with Crippen LogP contribution in [0.3, 0.4) is 0 Å². The standard InChI is InChI=1S/C16H20FN5O.ClH/c1-22-16(20-15(21-22)12-5-7-18-8-6-12)19-14(23)10-11-3-2-4-13(17)9-11;/h2-4,9,12,18H,5-8,10H2,1H3,(H,19,20,21,23);1H. The summed E-state index contributed by atoms with van der Waals surface area (Å²) in [6, 6.07) is 6.03. The summed E-state index contributed by atoms with van der Waals surface area (Å²) in [7, 11) is 1.76. The molecule has 1 fully saturated rings. The normalized spacial score (nSPS) is 14.9. The average molecular weight is 354 g/mol. The van der Waals surface area contributed by atoms with Crippen LogP contribution in [0.25, 0.3) is 0 Å². The number of piperidine rings is 1. The number of hydrogen-bond donors (Lipinski definition) is 2. The first-order valence-corrected chi connectivity index (χ1v) is 7.78. The Bertz CT molecular complexity index is 700. The van der Waals surface area contributed by atoms with Crippen molar-refractivity contribution >= 4 is 24.3 Å². The zero-order valence-corrected chi connectivity index (χ0v) is 14.3. The Kier molecular flexibility index (Phi) is 6.28. The fourth-order valence-electron chi connectivity index (χ4n) is 2.77. The molecule has 1 aliphatic heterocycles. The van der Waals surface area contributed by atoms with Crippen molar-refractivity contribution in [3.8, 4) is 0 Å². The molecule has 2 aromatic rings. The molecule has 2 N–H and O–H groups in total. The zero-order valence-electron chi connectivity index (χ0n) is 13.5. The van der Waals surface area contributed by atoms with Crippen LogP contribution in [-0.4, -0.2) is 33.8 Å². The maximum absolute atomic E-state index is 13.2. The van der Waals surface area contributed by atoms with Gasteiger partial charge in [-0.15, -0.1) is 12.4 Å². The Balaban J connectivity index is 0.00000208. The number of rotatable bonds is 4. The molecule has 1 aliphatic rings. The molecule has 1 aromatic heterocycles. The van der Waals surface area contributed by atoms with Crippen LogP contribution >= 0.6 is 12.4 Å². The first-order chi connectivity index (χ1) is 11.1. The first kappa shape index (κ1) is 18.4. The van der Waals surface area contributed by atoms with Gasteiger partial charge in [-0.25, -0.2) is 9.07 Å². The number of amides is 1. The Hall–Kier alpha value is -1.99. The van der Waals surface area contributed by atoms with Gasteiger partial charge in [-0.2, -0.15) is 10.1 Å². The minimum atomic E-state index is -0.345. The lowest BCUT2D eigenvalue weighted by Crippen LogP contribution is -2.27. The topological polar surface area (TPSA) is 71.8 Å². The summed E-state index contributed by atoms with van der Waals surface area (Å²) in [6.45, 7) is 1.92. The fourth-order valence-corrected chi connectivity index (χ4v) is 2.77. The molecule has 8 heteroatoms. The monoisotopic (exact) mass is 353 g/mol. The lowest BCUT2D eigenvalue weighted by molar-refractivity contribution is -0.115. The molecule has 0 spiro atoms. The van der Waals surface area contributed by atoms with Crippen LogP contribution in [0.5, 0.6) is 0 Å². The lowest BCUT2D eigenvalue weighted by atomic mass is 9.98. The maximum atomic E-state index is 13.2. The van der Waals surface area contributed by atoms with Crippen LogP contribution in [-0.2, 0) is 18.3 Å². The summed E-state index contributed by atoms with van der Waals surface area (Å²) in [4.78, 5) is 16.6. The first-order valence-electron chi connectivity index (χ1n) is 7.78. The zero-order chi connectivity index (χ0) is 16.2. The molecule has 1 aromatic carbocycles. The van der Waals surface area contributed by atoms with Crippen molar-refractivity contribution in [3.63, 3.8) is 0 Å². The molecule has 24 heavy (non-hydrogen) atoms. The van der Waals surface area contributed by atoms with Gasteiger partial charge in [-0.1, -0.05) is 12.1 Å². The highest BCUT2D eigenvalue weighted by Gasteiger charge is 2.21. The summed E-state index contributed by atoms with van der Waals surface area (Å²) in [6.07, 6.45) is 2.11. The second-order valence-electron chi connectivity index (χ2n) is 5.80. The molecule has 130 valence electrons. The second-order valence-corrected chi connectivity index (χ2v) is 5.80. The number of carbonyl (C=O) groups is 1. The summed E-state index contributed by atoms with van der Waals surface area (Å²) in [5.74, 6) is 0.955. The highest BCUT2D eigenvalue weighted by molar-refractivity contribution is 5.90. The SMILES string of the molecule is Cl.Cn1nc(C2CCNCC2)nc1NC(=O)Cc1cccc(F)c1. The van der Waals surface area contributed by atoms with Crippen molar-refractivity contribution in [2.75, 3.05) is 18.4 Å². The molecular weight excluding hydrogens is 333 g/mol. The van der Waals surface area contributed by atoms with Gasteiger partial charge in [0.1, 0.15) is 5.82 Å². The summed E-state index contributed by atoms with van der Waals surface area (Å²) in [5.41, 5.74) is 0.628. The van der Waals surface area contributed by atoms with E-state index in [4.69, 9.17) is 0 Å². The number of hydrogen-bond acceptors (Lipinski definition) is 4. The third kappa shape index (κ3) is 4.52. The molecule has 0 radical (unpaired) electrons. The molecule has 6 nitrogen and oxygen atoms in total. The van der Waals surface area contributed by atoms with E-state index < -0.39 is 0 Å². The van der Waals surface area contributed by atoms with E-state index >= 15 is 0 Å². The van der Waals surface area contributed by atoms with Crippen molar-refractivity contribution in [3.05, 3.63) is 41.5 Å².